The lowest BCUT2D eigenvalue weighted by Crippen LogP contribution is -2.42. The molecular formula is C10H15NO3. The Balaban J connectivity index is 2.52. The maximum atomic E-state index is 9.58. The number of hydrogen-bond acceptors (Lipinski definition) is 4. The molecule has 78 valence electrons. The third kappa shape index (κ3) is 3.08. The van der Waals surface area contributed by atoms with E-state index in [4.69, 9.17) is 10.3 Å². The van der Waals surface area contributed by atoms with Crippen LogP contribution in [-0.4, -0.2) is 34.2 Å². The van der Waals surface area contributed by atoms with E-state index < -0.39 is 12.1 Å². The monoisotopic (exact) mass is 197 g/mol. The number of benzene rings is 1. The molecule has 0 fully saturated rings. The summed E-state index contributed by atoms with van der Waals surface area (Å²) in [6.07, 6.45) is -0.396. The van der Waals surface area contributed by atoms with Crippen molar-refractivity contribution in [3.63, 3.8) is 0 Å². The van der Waals surface area contributed by atoms with Gasteiger partial charge in [-0.15, -0.1) is 0 Å². The first-order valence-corrected chi connectivity index (χ1v) is 4.50. The summed E-state index contributed by atoms with van der Waals surface area (Å²) in [5.74, 6) is 0. The first-order valence-electron chi connectivity index (χ1n) is 4.50. The van der Waals surface area contributed by atoms with E-state index in [1.54, 1.807) is 0 Å². The minimum absolute atomic E-state index is 0.301. The van der Waals surface area contributed by atoms with Crippen LogP contribution in [0.2, 0.25) is 0 Å². The SMILES string of the molecule is OCC(NO)C(O)Cc1ccccc1. The lowest BCUT2D eigenvalue weighted by Gasteiger charge is -2.18. The lowest BCUT2D eigenvalue weighted by molar-refractivity contribution is 0.0134. The normalized spacial score (nSPS) is 15.1. The van der Waals surface area contributed by atoms with Crippen LogP contribution in [0.1, 0.15) is 5.56 Å². The number of hydroxylamine groups is 1. The van der Waals surface area contributed by atoms with Crippen molar-refractivity contribution >= 4 is 0 Å². The zero-order chi connectivity index (χ0) is 10.4. The van der Waals surface area contributed by atoms with Crippen LogP contribution in [0, 0.1) is 0 Å². The molecule has 0 radical (unpaired) electrons. The molecule has 0 bridgehead atoms. The van der Waals surface area contributed by atoms with E-state index in [1.807, 2.05) is 35.8 Å². The zero-order valence-corrected chi connectivity index (χ0v) is 7.80. The summed E-state index contributed by atoms with van der Waals surface area (Å²) in [4.78, 5) is 0. The van der Waals surface area contributed by atoms with Gasteiger partial charge in [0.2, 0.25) is 0 Å². The number of hydrogen-bond donors (Lipinski definition) is 4. The van der Waals surface area contributed by atoms with E-state index in [2.05, 4.69) is 0 Å². The van der Waals surface area contributed by atoms with Crippen molar-refractivity contribution in [1.29, 1.82) is 0 Å². The van der Waals surface area contributed by atoms with Crippen molar-refractivity contribution in [2.24, 2.45) is 0 Å². The zero-order valence-electron chi connectivity index (χ0n) is 7.80. The Labute approximate surface area is 82.8 Å². The Morgan fingerprint density at radius 3 is 2.36 bits per heavy atom. The van der Waals surface area contributed by atoms with Crippen LogP contribution >= 0.6 is 0 Å². The molecule has 1 aromatic carbocycles. The van der Waals surface area contributed by atoms with Gasteiger partial charge in [0, 0.05) is 6.42 Å². The van der Waals surface area contributed by atoms with E-state index in [0.29, 0.717) is 6.42 Å². The summed E-state index contributed by atoms with van der Waals surface area (Å²) in [6.45, 7) is -0.301. The van der Waals surface area contributed by atoms with E-state index in [9.17, 15) is 5.11 Å². The highest BCUT2D eigenvalue weighted by molar-refractivity contribution is 5.15. The van der Waals surface area contributed by atoms with Crippen LogP contribution in [0.5, 0.6) is 0 Å². The maximum Gasteiger partial charge on any atom is 0.0812 e. The van der Waals surface area contributed by atoms with Gasteiger partial charge in [-0.1, -0.05) is 30.3 Å². The van der Waals surface area contributed by atoms with Gasteiger partial charge in [-0.25, -0.2) is 0 Å². The molecule has 1 aromatic rings. The minimum Gasteiger partial charge on any atom is -0.395 e. The largest absolute Gasteiger partial charge is 0.395 e. The van der Waals surface area contributed by atoms with Gasteiger partial charge >= 0.3 is 0 Å². The van der Waals surface area contributed by atoms with Crippen LogP contribution in [0.25, 0.3) is 0 Å². The molecule has 2 unspecified atom stereocenters. The van der Waals surface area contributed by atoms with Gasteiger partial charge in [-0.05, 0) is 5.56 Å². The lowest BCUT2D eigenvalue weighted by atomic mass is 10.0. The molecule has 4 N–H and O–H groups in total. The molecule has 0 amide bonds. The average molecular weight is 197 g/mol. The van der Waals surface area contributed by atoms with Gasteiger partial charge < -0.3 is 15.4 Å². The molecule has 4 nitrogen and oxygen atoms in total. The molecule has 0 aromatic heterocycles. The number of rotatable bonds is 5. The average Bonchev–Trinajstić information content (AvgIpc) is 2.21. The number of aliphatic hydroxyl groups is 2. The molecule has 2 atom stereocenters. The summed E-state index contributed by atoms with van der Waals surface area (Å²) in [5.41, 5.74) is 2.84. The van der Waals surface area contributed by atoms with E-state index in [1.165, 1.54) is 0 Å². The summed E-state index contributed by atoms with van der Waals surface area (Å²) in [5, 5.41) is 27.0. The topological polar surface area (TPSA) is 72.7 Å². The predicted molar refractivity (Wildman–Crippen MR) is 51.9 cm³/mol. The highest BCUT2D eigenvalue weighted by atomic mass is 16.5. The second kappa shape index (κ2) is 5.72. The molecule has 0 heterocycles. The summed E-state index contributed by atoms with van der Waals surface area (Å²) >= 11 is 0. The number of aliphatic hydroxyl groups excluding tert-OH is 2. The molecule has 0 saturated carbocycles. The fraction of sp³-hybridized carbons (Fsp3) is 0.400. The molecule has 0 aliphatic rings. The fourth-order valence-electron chi connectivity index (χ4n) is 1.25. The van der Waals surface area contributed by atoms with Crippen LogP contribution in [0.4, 0.5) is 0 Å². The van der Waals surface area contributed by atoms with Crippen LogP contribution < -0.4 is 5.48 Å². The van der Waals surface area contributed by atoms with E-state index in [0.717, 1.165) is 5.56 Å². The second-order valence-electron chi connectivity index (χ2n) is 3.18. The maximum absolute atomic E-state index is 9.58. The molecule has 0 aliphatic carbocycles. The molecule has 0 aliphatic heterocycles. The molecule has 0 saturated heterocycles. The molecule has 14 heavy (non-hydrogen) atoms. The smallest absolute Gasteiger partial charge is 0.0812 e. The van der Waals surface area contributed by atoms with Crippen molar-refractivity contribution < 1.29 is 15.4 Å². The van der Waals surface area contributed by atoms with Gasteiger partial charge in [-0.2, -0.15) is 5.48 Å². The summed E-state index contributed by atoms with van der Waals surface area (Å²) in [7, 11) is 0. The Bertz CT molecular complexity index is 249. The van der Waals surface area contributed by atoms with E-state index >= 15 is 0 Å². The van der Waals surface area contributed by atoms with Gasteiger partial charge in [0.25, 0.3) is 0 Å². The highest BCUT2D eigenvalue weighted by Crippen LogP contribution is 2.05. The first-order chi connectivity index (χ1) is 6.77. The first kappa shape index (κ1) is 11.1. The minimum atomic E-state index is -0.799. The third-order valence-corrected chi connectivity index (χ3v) is 2.11. The van der Waals surface area contributed by atoms with Crippen LogP contribution in [0.15, 0.2) is 30.3 Å². The third-order valence-electron chi connectivity index (χ3n) is 2.11. The van der Waals surface area contributed by atoms with Gasteiger partial charge in [0.15, 0.2) is 0 Å². The van der Waals surface area contributed by atoms with Crippen molar-refractivity contribution in [2.75, 3.05) is 6.61 Å². The Morgan fingerprint density at radius 1 is 1.21 bits per heavy atom. The predicted octanol–water partition coefficient (Wildman–Crippen LogP) is -0.0703. The molecule has 4 heteroatoms. The Morgan fingerprint density at radius 2 is 1.86 bits per heavy atom. The summed E-state index contributed by atoms with van der Waals surface area (Å²) in [6, 6.07) is 8.72. The van der Waals surface area contributed by atoms with E-state index in [-0.39, 0.29) is 6.61 Å². The van der Waals surface area contributed by atoms with Crippen molar-refractivity contribution in [1.82, 2.24) is 5.48 Å². The van der Waals surface area contributed by atoms with Gasteiger partial charge in [0.05, 0.1) is 18.8 Å². The molecule has 0 spiro atoms. The fourth-order valence-corrected chi connectivity index (χ4v) is 1.25. The number of nitrogens with one attached hydrogen (secondary N) is 1. The van der Waals surface area contributed by atoms with Crippen LogP contribution in [0.3, 0.4) is 0 Å². The highest BCUT2D eigenvalue weighted by Gasteiger charge is 2.17. The van der Waals surface area contributed by atoms with Crippen molar-refractivity contribution in [3.8, 4) is 0 Å². The standard InChI is InChI=1S/C10H15NO3/c12-7-9(11-14)10(13)6-8-4-2-1-3-5-8/h1-5,9-14H,6-7H2. The van der Waals surface area contributed by atoms with Crippen molar-refractivity contribution in [3.05, 3.63) is 35.9 Å². The summed E-state index contributed by atoms with van der Waals surface area (Å²) < 4.78 is 0. The quantitative estimate of drug-likeness (QED) is 0.499. The Kier molecular flexibility index (Phi) is 4.55. The van der Waals surface area contributed by atoms with Gasteiger partial charge in [0.1, 0.15) is 0 Å². The van der Waals surface area contributed by atoms with Crippen molar-refractivity contribution in [2.45, 2.75) is 18.6 Å². The molecular weight excluding hydrogens is 182 g/mol. The second-order valence-corrected chi connectivity index (χ2v) is 3.18. The van der Waals surface area contributed by atoms with Crippen LogP contribution in [-0.2, 0) is 6.42 Å². The molecule has 1 rings (SSSR count). The Hall–Kier alpha value is -0.940. The van der Waals surface area contributed by atoms with Gasteiger partial charge in [-0.3, -0.25) is 0 Å².